The molecular formula is C26H25N3O4. The van der Waals surface area contributed by atoms with Gasteiger partial charge in [0.1, 0.15) is 5.58 Å². The van der Waals surface area contributed by atoms with Gasteiger partial charge in [0.25, 0.3) is 11.8 Å². The van der Waals surface area contributed by atoms with Gasteiger partial charge in [-0.1, -0.05) is 29.8 Å². The SMILES string of the molecule is Cc1ccc2oc(C(=O)N3CC[C@@H](c4cc(C(=O)NCCO)c5ccccc5n4)C3)cc2c1. The molecule has 3 heterocycles. The van der Waals surface area contributed by atoms with Crippen LogP contribution in [0.3, 0.4) is 0 Å². The molecule has 0 radical (unpaired) electrons. The van der Waals surface area contributed by atoms with Crippen molar-refractivity contribution >= 4 is 33.7 Å². The molecule has 168 valence electrons. The van der Waals surface area contributed by atoms with E-state index in [4.69, 9.17) is 14.5 Å². The van der Waals surface area contributed by atoms with Crippen LogP contribution < -0.4 is 5.32 Å². The predicted octanol–water partition coefficient (Wildman–Crippen LogP) is 3.64. The molecule has 0 saturated carbocycles. The van der Waals surface area contributed by atoms with Crippen LogP contribution in [-0.2, 0) is 0 Å². The first kappa shape index (κ1) is 21.2. The van der Waals surface area contributed by atoms with E-state index in [1.54, 1.807) is 11.0 Å². The number of pyridine rings is 1. The number of nitrogens with zero attached hydrogens (tertiary/aromatic N) is 2. The van der Waals surface area contributed by atoms with Crippen molar-refractivity contribution in [1.82, 2.24) is 15.2 Å². The van der Waals surface area contributed by atoms with Crippen LogP contribution in [-0.4, -0.2) is 53.0 Å². The minimum Gasteiger partial charge on any atom is -0.451 e. The van der Waals surface area contributed by atoms with Crippen LogP contribution in [0.2, 0.25) is 0 Å². The standard InChI is InChI=1S/C26H25N3O4/c1-16-6-7-23-18(12-16)13-24(33-23)26(32)29-10-8-17(15-29)22-14-20(25(31)27-9-11-30)19-4-2-3-5-21(19)28-22/h2-7,12-14,17,30H,8-11,15H2,1H3,(H,27,31)/t17-/m1/s1. The highest BCUT2D eigenvalue weighted by Crippen LogP contribution is 2.31. The highest BCUT2D eigenvalue weighted by atomic mass is 16.3. The second-order valence-corrected chi connectivity index (χ2v) is 8.48. The lowest BCUT2D eigenvalue weighted by molar-refractivity contribution is 0.0761. The molecule has 5 rings (SSSR count). The summed E-state index contributed by atoms with van der Waals surface area (Å²) >= 11 is 0. The molecule has 7 heteroatoms. The van der Waals surface area contributed by atoms with E-state index in [0.29, 0.717) is 30.0 Å². The Morgan fingerprint density at radius 1 is 1.18 bits per heavy atom. The summed E-state index contributed by atoms with van der Waals surface area (Å²) in [5.74, 6) is -0.0122. The van der Waals surface area contributed by atoms with Crippen molar-refractivity contribution in [2.45, 2.75) is 19.3 Å². The van der Waals surface area contributed by atoms with Crippen molar-refractivity contribution in [2.75, 3.05) is 26.2 Å². The van der Waals surface area contributed by atoms with E-state index in [-0.39, 0.29) is 30.9 Å². The quantitative estimate of drug-likeness (QED) is 0.491. The lowest BCUT2D eigenvalue weighted by Gasteiger charge is -2.16. The maximum Gasteiger partial charge on any atom is 0.289 e. The van der Waals surface area contributed by atoms with E-state index in [1.807, 2.05) is 55.5 Å². The number of hydrogen-bond acceptors (Lipinski definition) is 5. The van der Waals surface area contributed by atoms with Crippen LogP contribution >= 0.6 is 0 Å². The monoisotopic (exact) mass is 443 g/mol. The van der Waals surface area contributed by atoms with E-state index >= 15 is 0 Å². The Morgan fingerprint density at radius 2 is 2.03 bits per heavy atom. The largest absolute Gasteiger partial charge is 0.451 e. The zero-order valence-corrected chi connectivity index (χ0v) is 18.4. The van der Waals surface area contributed by atoms with Crippen LogP contribution in [0.5, 0.6) is 0 Å². The second kappa shape index (κ2) is 8.67. The van der Waals surface area contributed by atoms with E-state index < -0.39 is 0 Å². The number of likely N-dealkylation sites (tertiary alicyclic amines) is 1. The van der Waals surface area contributed by atoms with E-state index in [2.05, 4.69) is 5.32 Å². The number of furan rings is 1. The normalized spacial score (nSPS) is 15.9. The number of para-hydroxylation sites is 1. The van der Waals surface area contributed by atoms with E-state index in [0.717, 1.165) is 34.0 Å². The van der Waals surface area contributed by atoms with Crippen LogP contribution in [0.25, 0.3) is 21.9 Å². The summed E-state index contributed by atoms with van der Waals surface area (Å²) in [6.07, 6.45) is 0.758. The lowest BCUT2D eigenvalue weighted by Crippen LogP contribution is -2.28. The fourth-order valence-corrected chi connectivity index (χ4v) is 4.47. The van der Waals surface area contributed by atoms with Gasteiger partial charge in [-0.15, -0.1) is 0 Å². The van der Waals surface area contributed by atoms with Gasteiger partial charge < -0.3 is 19.7 Å². The summed E-state index contributed by atoms with van der Waals surface area (Å²) in [7, 11) is 0. The fourth-order valence-electron chi connectivity index (χ4n) is 4.47. The third kappa shape index (κ3) is 4.07. The van der Waals surface area contributed by atoms with Crippen molar-refractivity contribution < 1.29 is 19.1 Å². The summed E-state index contributed by atoms with van der Waals surface area (Å²) in [6.45, 7) is 3.18. The number of aliphatic hydroxyl groups excluding tert-OH is 1. The van der Waals surface area contributed by atoms with Gasteiger partial charge in [-0.2, -0.15) is 0 Å². The van der Waals surface area contributed by atoms with Crippen LogP contribution in [0.1, 0.15) is 44.5 Å². The Bertz CT molecular complexity index is 1360. The first-order valence-electron chi connectivity index (χ1n) is 11.1. The number of aromatic nitrogens is 1. The third-order valence-corrected chi connectivity index (χ3v) is 6.15. The molecule has 33 heavy (non-hydrogen) atoms. The minimum absolute atomic E-state index is 0.0228. The zero-order chi connectivity index (χ0) is 22.9. The lowest BCUT2D eigenvalue weighted by atomic mass is 9.99. The summed E-state index contributed by atoms with van der Waals surface area (Å²) in [5.41, 5.74) is 3.88. The van der Waals surface area contributed by atoms with Crippen LogP contribution in [0.4, 0.5) is 0 Å². The third-order valence-electron chi connectivity index (χ3n) is 6.15. The fraction of sp³-hybridized carbons (Fsp3) is 0.269. The van der Waals surface area contributed by atoms with Gasteiger partial charge in [0.2, 0.25) is 0 Å². The molecule has 1 aliphatic rings. The van der Waals surface area contributed by atoms with Gasteiger partial charge >= 0.3 is 0 Å². The smallest absolute Gasteiger partial charge is 0.289 e. The van der Waals surface area contributed by atoms with Crippen molar-refractivity contribution in [2.24, 2.45) is 0 Å². The first-order valence-corrected chi connectivity index (χ1v) is 11.1. The van der Waals surface area contributed by atoms with Gasteiger partial charge in [-0.25, -0.2) is 0 Å². The molecule has 1 aliphatic heterocycles. The Morgan fingerprint density at radius 3 is 2.88 bits per heavy atom. The van der Waals surface area contributed by atoms with Crippen molar-refractivity contribution in [3.63, 3.8) is 0 Å². The molecule has 2 amide bonds. The topological polar surface area (TPSA) is 95.7 Å². The Labute approximate surface area is 191 Å². The molecule has 4 aromatic rings. The average Bonchev–Trinajstić information content (AvgIpc) is 3.48. The van der Waals surface area contributed by atoms with E-state index in [9.17, 15) is 9.59 Å². The second-order valence-electron chi connectivity index (χ2n) is 8.48. The minimum atomic E-state index is -0.243. The Balaban J connectivity index is 1.40. The van der Waals surface area contributed by atoms with Gasteiger partial charge in [-0.05, 0) is 43.7 Å². The highest BCUT2D eigenvalue weighted by Gasteiger charge is 2.31. The molecule has 1 fully saturated rings. The summed E-state index contributed by atoms with van der Waals surface area (Å²) in [4.78, 5) is 32.4. The number of hydrogen-bond donors (Lipinski definition) is 2. The molecule has 0 bridgehead atoms. The Hall–Kier alpha value is -3.71. The molecule has 1 atom stereocenters. The zero-order valence-electron chi connectivity index (χ0n) is 18.4. The summed E-state index contributed by atoms with van der Waals surface area (Å²) in [6, 6.07) is 17.0. The number of fused-ring (bicyclic) bond motifs is 2. The summed E-state index contributed by atoms with van der Waals surface area (Å²) in [5, 5.41) is 13.5. The number of amides is 2. The summed E-state index contributed by atoms with van der Waals surface area (Å²) < 4.78 is 5.80. The number of benzene rings is 2. The van der Waals surface area contributed by atoms with Gasteiger partial charge in [0, 0.05) is 42.0 Å². The van der Waals surface area contributed by atoms with Crippen molar-refractivity contribution in [3.8, 4) is 0 Å². The number of carbonyl (C=O) groups excluding carboxylic acids is 2. The Kier molecular flexibility index (Phi) is 5.56. The number of aliphatic hydroxyl groups is 1. The van der Waals surface area contributed by atoms with Gasteiger partial charge in [-0.3, -0.25) is 14.6 Å². The molecule has 2 aromatic carbocycles. The van der Waals surface area contributed by atoms with Gasteiger partial charge in [0.05, 0.1) is 17.7 Å². The van der Waals surface area contributed by atoms with Crippen molar-refractivity contribution in [3.05, 3.63) is 77.2 Å². The molecule has 0 unspecified atom stereocenters. The van der Waals surface area contributed by atoms with E-state index in [1.165, 1.54) is 0 Å². The molecule has 0 aliphatic carbocycles. The number of rotatable bonds is 5. The molecule has 7 nitrogen and oxygen atoms in total. The molecule has 2 aromatic heterocycles. The highest BCUT2D eigenvalue weighted by molar-refractivity contribution is 6.06. The maximum atomic E-state index is 13.1. The molecule has 1 saturated heterocycles. The van der Waals surface area contributed by atoms with Crippen LogP contribution in [0.15, 0.2) is 59.0 Å². The number of aryl methyl sites for hydroxylation is 1. The number of carbonyl (C=O) groups is 2. The van der Waals surface area contributed by atoms with Crippen molar-refractivity contribution in [1.29, 1.82) is 0 Å². The average molecular weight is 444 g/mol. The maximum absolute atomic E-state index is 13.1. The first-order chi connectivity index (χ1) is 16.0. The predicted molar refractivity (Wildman–Crippen MR) is 125 cm³/mol. The van der Waals surface area contributed by atoms with Gasteiger partial charge in [0.15, 0.2) is 5.76 Å². The molecular weight excluding hydrogens is 418 g/mol. The molecule has 0 spiro atoms. The van der Waals surface area contributed by atoms with Crippen LogP contribution in [0, 0.1) is 6.92 Å². The molecule has 2 N–H and O–H groups in total. The number of nitrogens with one attached hydrogen (secondary N) is 1.